The molecular formula is C19H23NO2. The fraction of sp³-hybridized carbons (Fsp3) is 0.632. The van der Waals surface area contributed by atoms with Crippen molar-refractivity contribution in [3.63, 3.8) is 0 Å². The molecule has 3 saturated carbocycles. The largest absolute Gasteiger partial charge is 0.373 e. The number of nitrogens with one attached hydrogen (secondary N) is 1. The number of hydrogen-bond acceptors (Lipinski definition) is 2. The van der Waals surface area contributed by atoms with Gasteiger partial charge in [-0.15, -0.1) is 0 Å². The number of carbonyl (C=O) groups is 1. The van der Waals surface area contributed by atoms with Gasteiger partial charge >= 0.3 is 0 Å². The van der Waals surface area contributed by atoms with Crippen LogP contribution in [0.3, 0.4) is 0 Å². The number of amides is 1. The third-order valence-corrected chi connectivity index (χ3v) is 7.05. The number of fused-ring (bicyclic) bond motifs is 2. The van der Waals surface area contributed by atoms with E-state index in [0.717, 1.165) is 25.9 Å². The van der Waals surface area contributed by atoms with E-state index in [1.165, 1.54) is 5.56 Å². The predicted octanol–water partition coefficient (Wildman–Crippen LogP) is 2.86. The van der Waals surface area contributed by atoms with Crippen molar-refractivity contribution in [2.45, 2.75) is 50.2 Å². The minimum atomic E-state index is -0.211. The van der Waals surface area contributed by atoms with Gasteiger partial charge in [-0.1, -0.05) is 30.3 Å². The molecule has 5 rings (SSSR count). The van der Waals surface area contributed by atoms with Crippen LogP contribution in [0.25, 0.3) is 0 Å². The molecule has 3 aliphatic carbocycles. The summed E-state index contributed by atoms with van der Waals surface area (Å²) in [5.74, 6) is 1.98. The van der Waals surface area contributed by atoms with Crippen LogP contribution in [-0.2, 0) is 9.53 Å². The Balaban J connectivity index is 1.30. The van der Waals surface area contributed by atoms with Crippen LogP contribution in [0.1, 0.15) is 44.6 Å². The highest BCUT2D eigenvalue weighted by molar-refractivity contribution is 5.89. The van der Waals surface area contributed by atoms with Gasteiger partial charge in [0.1, 0.15) is 0 Å². The van der Waals surface area contributed by atoms with Crippen molar-refractivity contribution in [1.29, 1.82) is 0 Å². The molecule has 1 N–H and O–H groups in total. The Morgan fingerprint density at radius 3 is 2.55 bits per heavy atom. The van der Waals surface area contributed by atoms with Crippen molar-refractivity contribution in [3.05, 3.63) is 35.9 Å². The van der Waals surface area contributed by atoms with E-state index in [2.05, 4.69) is 49.5 Å². The Labute approximate surface area is 131 Å². The monoisotopic (exact) mass is 297 g/mol. The van der Waals surface area contributed by atoms with Gasteiger partial charge in [-0.3, -0.25) is 4.79 Å². The van der Waals surface area contributed by atoms with E-state index in [4.69, 9.17) is 4.74 Å². The topological polar surface area (TPSA) is 38.3 Å². The minimum Gasteiger partial charge on any atom is -0.373 e. The van der Waals surface area contributed by atoms with Gasteiger partial charge in [0.15, 0.2) is 0 Å². The fourth-order valence-corrected chi connectivity index (χ4v) is 5.21. The Kier molecular flexibility index (Phi) is 2.24. The van der Waals surface area contributed by atoms with Crippen molar-refractivity contribution in [1.82, 2.24) is 5.32 Å². The molecule has 1 saturated heterocycles. The highest BCUT2D eigenvalue weighted by Crippen LogP contribution is 2.74. The van der Waals surface area contributed by atoms with E-state index >= 15 is 0 Å². The smallest absolute Gasteiger partial charge is 0.227 e. The zero-order valence-electron chi connectivity index (χ0n) is 13.3. The second-order valence-corrected chi connectivity index (χ2v) is 8.34. The Morgan fingerprint density at radius 1 is 1.18 bits per heavy atom. The Morgan fingerprint density at radius 2 is 1.95 bits per heavy atom. The summed E-state index contributed by atoms with van der Waals surface area (Å²) in [4.78, 5) is 12.9. The van der Waals surface area contributed by atoms with E-state index < -0.39 is 0 Å². The highest BCUT2D eigenvalue weighted by Gasteiger charge is 2.75. The molecule has 3 nitrogen and oxygen atoms in total. The summed E-state index contributed by atoms with van der Waals surface area (Å²) in [7, 11) is 0. The third-order valence-electron chi connectivity index (χ3n) is 7.05. The summed E-state index contributed by atoms with van der Waals surface area (Å²) >= 11 is 0. The van der Waals surface area contributed by atoms with E-state index in [0.29, 0.717) is 23.7 Å². The van der Waals surface area contributed by atoms with Crippen LogP contribution in [-0.4, -0.2) is 23.7 Å². The summed E-state index contributed by atoms with van der Waals surface area (Å²) < 4.78 is 5.86. The third kappa shape index (κ3) is 1.43. The van der Waals surface area contributed by atoms with Gasteiger partial charge in [-0.25, -0.2) is 0 Å². The lowest BCUT2D eigenvalue weighted by Gasteiger charge is -2.37. The van der Waals surface area contributed by atoms with Gasteiger partial charge in [0.2, 0.25) is 5.91 Å². The molecule has 4 fully saturated rings. The van der Waals surface area contributed by atoms with Crippen molar-refractivity contribution >= 4 is 5.91 Å². The summed E-state index contributed by atoms with van der Waals surface area (Å²) in [6.45, 7) is 5.04. The van der Waals surface area contributed by atoms with Crippen LogP contribution < -0.4 is 5.32 Å². The molecule has 3 heteroatoms. The zero-order valence-corrected chi connectivity index (χ0v) is 13.3. The van der Waals surface area contributed by atoms with Crippen molar-refractivity contribution < 1.29 is 9.53 Å². The van der Waals surface area contributed by atoms with Gasteiger partial charge in [0.05, 0.1) is 23.2 Å². The lowest BCUT2D eigenvalue weighted by Crippen LogP contribution is -2.54. The van der Waals surface area contributed by atoms with Gasteiger partial charge < -0.3 is 10.1 Å². The summed E-state index contributed by atoms with van der Waals surface area (Å²) in [6.07, 6.45) is 3.19. The standard InChI is InChI=1S/C19H23NO2/c1-17(2)19(8-13(19)11-22-17)20-16(21)18-9-14(15(18)10-18)12-6-4-3-5-7-12/h3-7,13-15H,8-11H2,1-2H3,(H,20,21)/t13?,14-,15+,18-,19?/m1/s1. The summed E-state index contributed by atoms with van der Waals surface area (Å²) in [5.41, 5.74) is 1.06. The molecule has 1 aromatic carbocycles. The molecule has 1 aliphatic heterocycles. The summed E-state index contributed by atoms with van der Waals surface area (Å²) in [5, 5.41) is 3.41. The molecule has 0 spiro atoms. The molecule has 1 heterocycles. The summed E-state index contributed by atoms with van der Waals surface area (Å²) in [6, 6.07) is 10.7. The molecule has 0 bridgehead atoms. The van der Waals surface area contributed by atoms with E-state index in [9.17, 15) is 4.79 Å². The van der Waals surface area contributed by atoms with Gasteiger partial charge in [-0.2, -0.15) is 0 Å². The van der Waals surface area contributed by atoms with Crippen LogP contribution in [0.15, 0.2) is 30.3 Å². The zero-order chi connectivity index (χ0) is 15.2. The number of carbonyl (C=O) groups excluding carboxylic acids is 1. The first-order valence-corrected chi connectivity index (χ1v) is 8.50. The van der Waals surface area contributed by atoms with Crippen LogP contribution in [0.2, 0.25) is 0 Å². The first-order valence-electron chi connectivity index (χ1n) is 8.50. The van der Waals surface area contributed by atoms with E-state index in [-0.39, 0.29) is 16.6 Å². The number of hydrogen-bond donors (Lipinski definition) is 1. The van der Waals surface area contributed by atoms with Gasteiger partial charge in [-0.05, 0) is 50.5 Å². The van der Waals surface area contributed by atoms with Gasteiger partial charge in [0.25, 0.3) is 0 Å². The molecule has 116 valence electrons. The molecule has 5 atom stereocenters. The average Bonchev–Trinajstić information content (AvgIpc) is 3.31. The molecule has 22 heavy (non-hydrogen) atoms. The quantitative estimate of drug-likeness (QED) is 0.931. The number of rotatable bonds is 3. The minimum absolute atomic E-state index is 0.0545. The molecule has 4 aliphatic rings. The van der Waals surface area contributed by atoms with Crippen molar-refractivity contribution in [2.24, 2.45) is 17.3 Å². The first kappa shape index (κ1) is 13.1. The van der Waals surface area contributed by atoms with Crippen LogP contribution in [0, 0.1) is 17.3 Å². The van der Waals surface area contributed by atoms with Crippen LogP contribution in [0.4, 0.5) is 0 Å². The van der Waals surface area contributed by atoms with E-state index in [1.54, 1.807) is 0 Å². The molecule has 1 aromatic rings. The highest BCUT2D eigenvalue weighted by atomic mass is 16.5. The molecular weight excluding hydrogens is 274 g/mol. The Hall–Kier alpha value is -1.35. The normalized spacial score (nSPS) is 46.2. The molecule has 0 aromatic heterocycles. The fourth-order valence-electron chi connectivity index (χ4n) is 5.21. The average molecular weight is 297 g/mol. The van der Waals surface area contributed by atoms with Crippen molar-refractivity contribution in [3.8, 4) is 0 Å². The lowest BCUT2D eigenvalue weighted by molar-refractivity contribution is -0.132. The molecule has 1 amide bonds. The SMILES string of the molecule is CC1(C)OCC2CC21NC(=O)[C@@]12C[C@H](c3ccccc3)[C@@H]1C2. The molecule has 0 radical (unpaired) electrons. The predicted molar refractivity (Wildman–Crippen MR) is 83.4 cm³/mol. The number of ether oxygens (including phenoxy) is 1. The van der Waals surface area contributed by atoms with Crippen molar-refractivity contribution in [2.75, 3.05) is 6.61 Å². The van der Waals surface area contributed by atoms with Crippen LogP contribution >= 0.6 is 0 Å². The molecule has 2 unspecified atom stereocenters. The maximum Gasteiger partial charge on any atom is 0.227 e. The second kappa shape index (κ2) is 3.76. The van der Waals surface area contributed by atoms with Crippen LogP contribution in [0.5, 0.6) is 0 Å². The second-order valence-electron chi connectivity index (χ2n) is 8.34. The number of benzene rings is 1. The maximum atomic E-state index is 12.9. The lowest BCUT2D eigenvalue weighted by atomic mass is 9.70. The van der Waals surface area contributed by atoms with Gasteiger partial charge in [0, 0.05) is 5.92 Å². The Bertz CT molecular complexity index is 655. The van der Waals surface area contributed by atoms with E-state index in [1.807, 2.05) is 0 Å². The maximum absolute atomic E-state index is 12.9. The first-order chi connectivity index (χ1) is 10.5.